The Morgan fingerprint density at radius 3 is 2.96 bits per heavy atom. The van der Waals surface area contributed by atoms with Crippen LogP contribution in [0.1, 0.15) is 28.4 Å². The Balaban J connectivity index is 1.69. The second-order valence-corrected chi connectivity index (χ2v) is 5.50. The van der Waals surface area contributed by atoms with Crippen molar-refractivity contribution in [3.05, 3.63) is 70.5 Å². The summed E-state index contributed by atoms with van der Waals surface area (Å²) in [5, 5.41) is 11.9. The highest BCUT2D eigenvalue weighted by molar-refractivity contribution is 5.82. The molecule has 120 valence electrons. The standard InChI is InChI=1S/C18H18FNO3/c19-16-6-5-12(9-14(16)11-21)10-20-18(22)17-15-4-2-1-3-13(15)7-8-23-17/h1-6,9,17,21H,7-8,10-11H2,(H,20,22). The second-order valence-electron chi connectivity index (χ2n) is 5.50. The Bertz CT molecular complexity index is 717. The van der Waals surface area contributed by atoms with Gasteiger partial charge in [-0.1, -0.05) is 30.3 Å². The summed E-state index contributed by atoms with van der Waals surface area (Å²) in [6.07, 6.45) is 0.190. The van der Waals surface area contributed by atoms with Gasteiger partial charge in [0.05, 0.1) is 13.2 Å². The lowest BCUT2D eigenvalue weighted by Crippen LogP contribution is -2.33. The first-order valence-corrected chi connectivity index (χ1v) is 7.54. The lowest BCUT2D eigenvalue weighted by atomic mass is 9.97. The lowest BCUT2D eigenvalue weighted by Gasteiger charge is -2.25. The SMILES string of the molecule is O=C(NCc1ccc(F)c(CO)c1)C1OCCc2ccccc21. The number of hydrogen-bond acceptors (Lipinski definition) is 3. The number of aliphatic hydroxyl groups excluding tert-OH is 1. The fourth-order valence-electron chi connectivity index (χ4n) is 2.75. The molecule has 3 rings (SSSR count). The van der Waals surface area contributed by atoms with Crippen molar-refractivity contribution >= 4 is 5.91 Å². The minimum absolute atomic E-state index is 0.216. The number of carbonyl (C=O) groups is 1. The molecule has 0 saturated carbocycles. The number of amides is 1. The molecular weight excluding hydrogens is 297 g/mol. The Kier molecular flexibility index (Phi) is 4.69. The van der Waals surface area contributed by atoms with Crippen LogP contribution in [0.2, 0.25) is 0 Å². The largest absolute Gasteiger partial charge is 0.392 e. The van der Waals surface area contributed by atoms with Gasteiger partial charge in [0.1, 0.15) is 5.82 Å². The zero-order valence-corrected chi connectivity index (χ0v) is 12.6. The van der Waals surface area contributed by atoms with E-state index in [4.69, 9.17) is 9.84 Å². The van der Waals surface area contributed by atoms with Gasteiger partial charge in [-0.15, -0.1) is 0 Å². The van der Waals surface area contributed by atoms with Crippen LogP contribution in [0, 0.1) is 5.82 Å². The summed E-state index contributed by atoms with van der Waals surface area (Å²) in [4.78, 5) is 12.4. The third kappa shape index (κ3) is 3.41. The molecule has 2 N–H and O–H groups in total. The van der Waals surface area contributed by atoms with Crippen molar-refractivity contribution in [2.24, 2.45) is 0 Å². The van der Waals surface area contributed by atoms with Gasteiger partial charge in [-0.3, -0.25) is 4.79 Å². The van der Waals surface area contributed by atoms with E-state index in [9.17, 15) is 9.18 Å². The van der Waals surface area contributed by atoms with Crippen LogP contribution >= 0.6 is 0 Å². The highest BCUT2D eigenvalue weighted by atomic mass is 19.1. The molecule has 0 aromatic heterocycles. The average molecular weight is 315 g/mol. The Morgan fingerprint density at radius 2 is 2.13 bits per heavy atom. The van der Waals surface area contributed by atoms with Crippen molar-refractivity contribution in [2.45, 2.75) is 25.7 Å². The summed E-state index contributed by atoms with van der Waals surface area (Å²) in [7, 11) is 0. The van der Waals surface area contributed by atoms with Gasteiger partial charge < -0.3 is 15.2 Å². The zero-order chi connectivity index (χ0) is 16.2. The van der Waals surface area contributed by atoms with Crippen LogP contribution in [0.15, 0.2) is 42.5 Å². The van der Waals surface area contributed by atoms with Gasteiger partial charge in [0, 0.05) is 12.1 Å². The molecule has 0 bridgehead atoms. The predicted molar refractivity (Wildman–Crippen MR) is 83.0 cm³/mol. The van der Waals surface area contributed by atoms with Crippen LogP contribution in [0.5, 0.6) is 0 Å². The maximum Gasteiger partial charge on any atom is 0.254 e. The van der Waals surface area contributed by atoms with E-state index < -0.39 is 11.9 Å². The molecule has 0 radical (unpaired) electrons. The first-order chi connectivity index (χ1) is 11.2. The van der Waals surface area contributed by atoms with Gasteiger partial charge in [-0.05, 0) is 35.2 Å². The van der Waals surface area contributed by atoms with Gasteiger partial charge >= 0.3 is 0 Å². The summed E-state index contributed by atoms with van der Waals surface area (Å²) in [6.45, 7) is 0.404. The van der Waals surface area contributed by atoms with Crippen LogP contribution in [-0.2, 0) is 29.1 Å². The van der Waals surface area contributed by atoms with E-state index in [0.29, 0.717) is 6.61 Å². The van der Waals surface area contributed by atoms with E-state index in [-0.39, 0.29) is 24.6 Å². The quantitative estimate of drug-likeness (QED) is 0.910. The highest BCUT2D eigenvalue weighted by Crippen LogP contribution is 2.27. The Morgan fingerprint density at radius 1 is 1.30 bits per heavy atom. The molecule has 1 atom stereocenters. The number of rotatable bonds is 4. The summed E-state index contributed by atoms with van der Waals surface area (Å²) in [5.41, 5.74) is 2.97. The van der Waals surface area contributed by atoms with Crippen LogP contribution in [0.3, 0.4) is 0 Å². The van der Waals surface area contributed by atoms with Crippen LogP contribution < -0.4 is 5.32 Å². The maximum atomic E-state index is 13.4. The van der Waals surface area contributed by atoms with E-state index in [2.05, 4.69) is 5.32 Å². The van der Waals surface area contributed by atoms with E-state index in [1.165, 1.54) is 6.07 Å². The molecule has 0 aliphatic carbocycles. The van der Waals surface area contributed by atoms with Gasteiger partial charge in [0.2, 0.25) is 0 Å². The molecule has 0 spiro atoms. The predicted octanol–water partition coefficient (Wildman–Crippen LogP) is 2.25. The van der Waals surface area contributed by atoms with Crippen LogP contribution in [-0.4, -0.2) is 17.6 Å². The zero-order valence-electron chi connectivity index (χ0n) is 12.6. The second kappa shape index (κ2) is 6.89. The maximum absolute atomic E-state index is 13.4. The summed E-state index contributed by atoms with van der Waals surface area (Å²) < 4.78 is 19.0. The third-order valence-electron chi connectivity index (χ3n) is 3.98. The number of carbonyl (C=O) groups excluding carboxylic acids is 1. The van der Waals surface area contributed by atoms with Gasteiger partial charge in [0.25, 0.3) is 5.91 Å². The number of benzene rings is 2. The molecule has 23 heavy (non-hydrogen) atoms. The van der Waals surface area contributed by atoms with Gasteiger partial charge in [-0.25, -0.2) is 4.39 Å². The molecule has 0 saturated heterocycles. The van der Waals surface area contributed by atoms with E-state index >= 15 is 0 Å². The molecule has 4 nitrogen and oxygen atoms in total. The third-order valence-corrected chi connectivity index (χ3v) is 3.98. The first kappa shape index (κ1) is 15.6. The monoisotopic (exact) mass is 315 g/mol. The smallest absolute Gasteiger partial charge is 0.254 e. The van der Waals surface area contributed by atoms with Gasteiger partial charge in [0.15, 0.2) is 6.10 Å². The van der Waals surface area contributed by atoms with E-state index in [0.717, 1.165) is 23.1 Å². The topological polar surface area (TPSA) is 58.6 Å². The minimum Gasteiger partial charge on any atom is -0.392 e. The fraction of sp³-hybridized carbons (Fsp3) is 0.278. The number of hydrogen-bond donors (Lipinski definition) is 2. The number of nitrogens with one attached hydrogen (secondary N) is 1. The first-order valence-electron chi connectivity index (χ1n) is 7.54. The van der Waals surface area contributed by atoms with Crippen molar-refractivity contribution in [3.8, 4) is 0 Å². The number of ether oxygens (including phenoxy) is 1. The highest BCUT2D eigenvalue weighted by Gasteiger charge is 2.26. The fourth-order valence-corrected chi connectivity index (χ4v) is 2.75. The van der Waals surface area contributed by atoms with Crippen molar-refractivity contribution < 1.29 is 19.0 Å². The molecule has 1 aliphatic rings. The summed E-state index contributed by atoms with van der Waals surface area (Å²) in [6, 6.07) is 12.2. The Labute approximate surface area is 133 Å². The molecule has 5 heteroatoms. The average Bonchev–Trinajstić information content (AvgIpc) is 2.60. The molecule has 2 aromatic rings. The summed E-state index contributed by atoms with van der Waals surface area (Å²) >= 11 is 0. The molecule has 1 aliphatic heterocycles. The van der Waals surface area contributed by atoms with Crippen molar-refractivity contribution in [3.63, 3.8) is 0 Å². The van der Waals surface area contributed by atoms with Gasteiger partial charge in [-0.2, -0.15) is 0 Å². The van der Waals surface area contributed by atoms with E-state index in [1.807, 2.05) is 24.3 Å². The normalized spacial score (nSPS) is 16.7. The molecule has 2 aromatic carbocycles. The van der Waals surface area contributed by atoms with Crippen molar-refractivity contribution in [2.75, 3.05) is 6.61 Å². The Hall–Kier alpha value is -2.24. The van der Waals surface area contributed by atoms with Crippen LogP contribution in [0.4, 0.5) is 4.39 Å². The molecule has 0 fully saturated rings. The number of fused-ring (bicyclic) bond motifs is 1. The molecule has 1 amide bonds. The van der Waals surface area contributed by atoms with E-state index in [1.54, 1.807) is 12.1 Å². The molecular formula is C18H18FNO3. The van der Waals surface area contributed by atoms with Crippen molar-refractivity contribution in [1.29, 1.82) is 0 Å². The molecule has 1 unspecified atom stereocenters. The number of aliphatic hydroxyl groups is 1. The molecule has 1 heterocycles. The lowest BCUT2D eigenvalue weighted by molar-refractivity contribution is -0.134. The van der Waals surface area contributed by atoms with Crippen molar-refractivity contribution in [1.82, 2.24) is 5.32 Å². The van der Waals surface area contributed by atoms with Crippen LogP contribution in [0.25, 0.3) is 0 Å². The summed E-state index contributed by atoms with van der Waals surface area (Å²) in [5.74, 6) is -0.667. The minimum atomic E-state index is -0.613. The number of halogens is 1.